The largest absolute Gasteiger partial charge is 0.477 e. The number of carbonyl (C=O) groups excluding carboxylic acids is 2. The fourth-order valence-electron chi connectivity index (χ4n) is 9.14. The molecule has 5 saturated heterocycles. The molecule has 0 bridgehead atoms. The smallest absolute Gasteiger partial charge is 0.364 e. The first kappa shape index (κ1) is 62.5. The molecule has 0 aromatic heterocycles. The van der Waals surface area contributed by atoms with Gasteiger partial charge in [0, 0.05) is 34.9 Å². The monoisotopic (exact) mass is 1100 g/mol. The maximum Gasteiger partial charge on any atom is 0.364 e. The standard InChI is InChI=1S/C42H74N2O29Si/c1-14(50)43-22-16(52)8-42(41(62)63,72-35(22)24(54)17(53)9-45)73-36-31(61)40(69-32-20(12-48)67-38(30(60)28(32)58)64-6-7-74(3,4)5)68-21(13-49)33(36)70-37-23(44-15(2)51)34(26(56)19(11-47)65-37)71-39-29(59)27(57)25(55)18(10-46)66-39/h16-40,45-49,52-61H,6-13H2,1-5H3,(H,43,50)(H,44,51)(H,62,63)/t16-,17+,18+,19+,20+,21+,22+,23+,24+,25-,26-,27-,28+,29+,30+,31+,32+,33-,34+,35+,36+,37-,38+,39-,40-,42-/m0/s1. The van der Waals surface area contributed by atoms with Gasteiger partial charge in [-0.15, -0.1) is 0 Å². The van der Waals surface area contributed by atoms with Gasteiger partial charge in [-0.2, -0.15) is 0 Å². The summed E-state index contributed by atoms with van der Waals surface area (Å²) in [7, 11) is -1.68. The van der Waals surface area contributed by atoms with Crippen LogP contribution >= 0.6 is 0 Å². The Balaban J connectivity index is 1.59. The van der Waals surface area contributed by atoms with Crippen molar-refractivity contribution in [3.05, 3.63) is 0 Å². The van der Waals surface area contributed by atoms with E-state index in [4.69, 9.17) is 47.4 Å². The van der Waals surface area contributed by atoms with Crippen LogP contribution in [0.15, 0.2) is 0 Å². The van der Waals surface area contributed by atoms with Gasteiger partial charge < -0.3 is 140 Å². The number of carboxylic acids is 1. The minimum absolute atomic E-state index is 0.0908. The molecule has 31 nitrogen and oxygen atoms in total. The van der Waals surface area contributed by atoms with Gasteiger partial charge in [0.25, 0.3) is 5.79 Å². The van der Waals surface area contributed by atoms with Gasteiger partial charge in [-0.1, -0.05) is 19.6 Å². The number of nitrogens with one attached hydrogen (secondary N) is 2. The average molecular weight is 1100 g/mol. The fourth-order valence-corrected chi connectivity index (χ4v) is 9.87. The van der Waals surface area contributed by atoms with E-state index in [0.717, 1.165) is 13.8 Å². The molecular weight excluding hydrogens is 1020 g/mol. The highest BCUT2D eigenvalue weighted by Gasteiger charge is 2.62. The molecule has 2 amide bonds. The molecule has 0 unspecified atom stereocenters. The Morgan fingerprint density at radius 3 is 1.64 bits per heavy atom. The Morgan fingerprint density at radius 1 is 0.595 bits per heavy atom. The van der Waals surface area contributed by atoms with E-state index in [2.05, 4.69) is 30.3 Å². The van der Waals surface area contributed by atoms with Gasteiger partial charge in [0.05, 0.1) is 45.2 Å². The third-order valence-electron chi connectivity index (χ3n) is 13.2. The van der Waals surface area contributed by atoms with Crippen LogP contribution in [-0.2, 0) is 61.8 Å². The first-order chi connectivity index (χ1) is 34.7. The Labute approximate surface area is 423 Å². The number of hydrogen-bond acceptors (Lipinski definition) is 28. The SMILES string of the molecule is CC(=O)N[C@H]1[C@H](O[C@@H]2[C@H](O[C@]3(C(=O)O)C[C@H](O)[C@@H](NC(C)=O)[C@H]([C@H](O)[C@H](O)CO)O3)[C@@H](O)[C@H](O[C@H]3[C@H](O)[C@@H](O)[C@H](OCC[Si](C)(C)C)O[C@@H]3CO)O[C@@H]2CO)O[C@H](CO)[C@H](O)[C@@H]1O[C@@H]1O[C@H](CO)[C@H](O)[C@H](O)[C@H]1O. The zero-order chi connectivity index (χ0) is 55.3. The average Bonchev–Trinajstić information content (AvgIpc) is 3.34. The summed E-state index contributed by atoms with van der Waals surface area (Å²) in [5.41, 5.74) is 0. The van der Waals surface area contributed by atoms with Crippen molar-refractivity contribution in [2.45, 2.75) is 205 Å². The van der Waals surface area contributed by atoms with Crippen LogP contribution in [0.2, 0.25) is 25.7 Å². The van der Waals surface area contributed by atoms with Crippen LogP contribution in [-0.4, -0.2) is 306 Å². The molecule has 32 heteroatoms. The molecule has 18 N–H and O–H groups in total. The Hall–Kier alpha value is -2.37. The number of ether oxygens (including phenoxy) is 10. The Morgan fingerprint density at radius 2 is 1.08 bits per heavy atom. The van der Waals surface area contributed by atoms with Crippen LogP contribution in [0, 0.1) is 0 Å². The molecule has 5 aliphatic rings. The van der Waals surface area contributed by atoms with Crippen LogP contribution in [0.4, 0.5) is 0 Å². The number of amides is 2. The highest BCUT2D eigenvalue weighted by atomic mass is 28.3. The second-order valence-electron chi connectivity index (χ2n) is 20.0. The number of hydrogen-bond donors (Lipinski definition) is 18. The molecule has 0 aromatic carbocycles. The molecule has 0 spiro atoms. The van der Waals surface area contributed by atoms with E-state index in [9.17, 15) is 96.1 Å². The van der Waals surface area contributed by atoms with Crippen molar-refractivity contribution in [2.75, 3.05) is 39.6 Å². The summed E-state index contributed by atoms with van der Waals surface area (Å²) in [5, 5.41) is 178. The van der Waals surface area contributed by atoms with Crippen molar-refractivity contribution < 1.29 is 143 Å². The van der Waals surface area contributed by atoms with E-state index >= 15 is 0 Å². The van der Waals surface area contributed by atoms with Gasteiger partial charge in [-0.3, -0.25) is 9.59 Å². The topological polar surface area (TPSA) is 491 Å². The lowest BCUT2D eigenvalue weighted by molar-refractivity contribution is -0.403. The quantitative estimate of drug-likeness (QED) is 0.0448. The Kier molecular flexibility index (Phi) is 22.4. The molecule has 0 saturated carbocycles. The number of carboxylic acid groups (broad SMARTS) is 1. The molecule has 430 valence electrons. The summed E-state index contributed by atoms with van der Waals surface area (Å²) in [6.07, 6.45) is -47.2. The number of carbonyl (C=O) groups is 3. The summed E-state index contributed by atoms with van der Waals surface area (Å²) in [4.78, 5) is 38.6. The van der Waals surface area contributed by atoms with Crippen molar-refractivity contribution in [3.8, 4) is 0 Å². The van der Waals surface area contributed by atoms with Crippen molar-refractivity contribution in [1.29, 1.82) is 0 Å². The number of aliphatic hydroxyl groups is 15. The fraction of sp³-hybridized carbons (Fsp3) is 0.929. The molecule has 26 atom stereocenters. The van der Waals surface area contributed by atoms with E-state index in [1.54, 1.807) is 0 Å². The number of aliphatic hydroxyl groups excluding tert-OH is 15. The highest BCUT2D eigenvalue weighted by Crippen LogP contribution is 2.41. The lowest BCUT2D eigenvalue weighted by Crippen LogP contribution is -2.72. The van der Waals surface area contributed by atoms with E-state index < -0.39 is 224 Å². The molecular formula is C42H74N2O29Si. The van der Waals surface area contributed by atoms with E-state index in [-0.39, 0.29) is 6.61 Å². The van der Waals surface area contributed by atoms with Crippen LogP contribution in [0.25, 0.3) is 0 Å². The molecule has 0 aliphatic carbocycles. The molecule has 0 aromatic rings. The van der Waals surface area contributed by atoms with Crippen LogP contribution < -0.4 is 10.6 Å². The van der Waals surface area contributed by atoms with Crippen LogP contribution in [0.1, 0.15) is 20.3 Å². The van der Waals surface area contributed by atoms with Gasteiger partial charge >= 0.3 is 5.97 Å². The van der Waals surface area contributed by atoms with Crippen molar-refractivity contribution in [3.63, 3.8) is 0 Å². The summed E-state index contributed by atoms with van der Waals surface area (Å²) in [5.74, 6) is -7.18. The van der Waals surface area contributed by atoms with E-state index in [0.29, 0.717) is 6.04 Å². The van der Waals surface area contributed by atoms with Crippen molar-refractivity contribution in [2.24, 2.45) is 0 Å². The van der Waals surface area contributed by atoms with E-state index in [1.165, 1.54) is 0 Å². The number of aliphatic carboxylic acids is 1. The zero-order valence-electron chi connectivity index (χ0n) is 41.1. The third-order valence-corrected chi connectivity index (χ3v) is 14.9. The molecule has 5 fully saturated rings. The predicted octanol–water partition coefficient (Wildman–Crippen LogP) is -10.1. The minimum Gasteiger partial charge on any atom is -0.477 e. The van der Waals surface area contributed by atoms with Crippen molar-refractivity contribution in [1.82, 2.24) is 10.6 Å². The summed E-state index contributed by atoms with van der Waals surface area (Å²) >= 11 is 0. The summed E-state index contributed by atoms with van der Waals surface area (Å²) < 4.78 is 58.7. The first-order valence-corrected chi connectivity index (χ1v) is 27.6. The third kappa shape index (κ3) is 14.3. The van der Waals surface area contributed by atoms with Crippen LogP contribution in [0.3, 0.4) is 0 Å². The summed E-state index contributed by atoms with van der Waals surface area (Å²) in [6.45, 7) is 2.94. The van der Waals surface area contributed by atoms with Gasteiger partial charge in [0.2, 0.25) is 11.8 Å². The minimum atomic E-state index is -3.31. The maximum absolute atomic E-state index is 13.5. The zero-order valence-corrected chi connectivity index (χ0v) is 42.1. The first-order valence-electron chi connectivity index (χ1n) is 23.9. The predicted molar refractivity (Wildman–Crippen MR) is 239 cm³/mol. The lowest BCUT2D eigenvalue weighted by atomic mass is 9.88. The van der Waals surface area contributed by atoms with Gasteiger partial charge in [-0.05, 0) is 6.04 Å². The molecule has 5 heterocycles. The highest BCUT2D eigenvalue weighted by molar-refractivity contribution is 6.76. The second kappa shape index (κ2) is 26.5. The van der Waals surface area contributed by atoms with Crippen LogP contribution in [0.5, 0.6) is 0 Å². The van der Waals surface area contributed by atoms with Crippen molar-refractivity contribution >= 4 is 25.9 Å². The second-order valence-corrected chi connectivity index (χ2v) is 25.6. The number of rotatable bonds is 22. The molecule has 0 radical (unpaired) electrons. The van der Waals surface area contributed by atoms with Gasteiger partial charge in [-0.25, -0.2) is 4.79 Å². The molecule has 5 aliphatic heterocycles. The maximum atomic E-state index is 13.5. The lowest BCUT2D eigenvalue weighted by Gasteiger charge is -2.52. The van der Waals surface area contributed by atoms with Gasteiger partial charge in [0.1, 0.15) is 116 Å². The Bertz CT molecular complexity index is 1810. The van der Waals surface area contributed by atoms with Gasteiger partial charge in [0.15, 0.2) is 25.2 Å². The van der Waals surface area contributed by atoms with E-state index in [1.807, 2.05) is 0 Å². The summed E-state index contributed by atoms with van der Waals surface area (Å²) in [6, 6.07) is -2.97. The molecule has 74 heavy (non-hydrogen) atoms. The molecule has 5 rings (SSSR count). The normalized spacial score (nSPS) is 44.0.